The van der Waals surface area contributed by atoms with Gasteiger partial charge in [0.05, 0.1) is 12.7 Å². The van der Waals surface area contributed by atoms with Gasteiger partial charge in [0, 0.05) is 16.7 Å². The third kappa shape index (κ3) is 3.62. The molecular formula is C17H19N3O2S2. The van der Waals surface area contributed by atoms with Crippen molar-refractivity contribution in [1.82, 2.24) is 10.2 Å². The van der Waals surface area contributed by atoms with Crippen molar-refractivity contribution in [1.29, 1.82) is 0 Å². The number of carbonyl (C=O) groups is 1. The number of furan rings is 1. The third-order valence-corrected chi connectivity index (χ3v) is 5.95. The lowest BCUT2D eigenvalue weighted by atomic mass is 10.0. The molecule has 0 radical (unpaired) electrons. The minimum atomic E-state index is -0.112. The largest absolute Gasteiger partial charge is 0.464 e. The van der Waals surface area contributed by atoms with Gasteiger partial charge in [-0.05, 0) is 31.4 Å². The highest BCUT2D eigenvalue weighted by molar-refractivity contribution is 8.01. The number of thioether (sulfide) groups is 1. The molecule has 0 fully saturated rings. The summed E-state index contributed by atoms with van der Waals surface area (Å²) in [5.74, 6) is 0.890. The first-order chi connectivity index (χ1) is 11.6. The molecule has 1 amide bonds. The Hall–Kier alpha value is -1.86. The molecule has 3 aromatic rings. The fourth-order valence-electron chi connectivity index (χ4n) is 2.37. The van der Waals surface area contributed by atoms with E-state index in [1.165, 1.54) is 16.9 Å². The van der Waals surface area contributed by atoms with E-state index in [2.05, 4.69) is 28.5 Å². The van der Waals surface area contributed by atoms with E-state index in [4.69, 9.17) is 4.42 Å². The quantitative estimate of drug-likeness (QED) is 0.514. The second-order valence-corrected chi connectivity index (χ2v) is 7.91. The Balaban J connectivity index is 1.69. The molecule has 7 heteroatoms. The molecule has 3 rings (SSSR count). The summed E-state index contributed by atoms with van der Waals surface area (Å²) in [6, 6.07) is 4.06. The average molecular weight is 361 g/mol. The van der Waals surface area contributed by atoms with Crippen LogP contribution in [0.3, 0.4) is 0 Å². The molecule has 1 aromatic carbocycles. The lowest BCUT2D eigenvalue weighted by Crippen LogP contribution is -2.14. The average Bonchev–Trinajstić information content (AvgIpc) is 3.16. The first kappa shape index (κ1) is 17.0. The van der Waals surface area contributed by atoms with Crippen LogP contribution in [0.1, 0.15) is 30.0 Å². The van der Waals surface area contributed by atoms with Crippen molar-refractivity contribution in [2.45, 2.75) is 38.0 Å². The van der Waals surface area contributed by atoms with Crippen LogP contribution in [0.5, 0.6) is 0 Å². The van der Waals surface area contributed by atoms with Gasteiger partial charge in [-0.1, -0.05) is 42.2 Å². The zero-order valence-corrected chi connectivity index (χ0v) is 15.5. The maximum Gasteiger partial charge on any atom is 0.230 e. The van der Waals surface area contributed by atoms with Crippen molar-refractivity contribution in [3.8, 4) is 0 Å². The Labute approximate surface area is 148 Å². The van der Waals surface area contributed by atoms with Gasteiger partial charge in [-0.3, -0.25) is 4.79 Å². The van der Waals surface area contributed by atoms with Gasteiger partial charge in [0.25, 0.3) is 0 Å². The standard InChI is InChI=1S/C17H19N3O2S2/c1-4-7-23-17-20-19-16(24-17)18-14(21)8-12-9-22-15-11(3)10(2)5-6-13(12)15/h5-6,9H,4,7-8H2,1-3H3,(H,18,19,21). The summed E-state index contributed by atoms with van der Waals surface area (Å²) in [7, 11) is 0. The fraction of sp³-hybridized carbons (Fsp3) is 0.353. The Morgan fingerprint density at radius 1 is 1.33 bits per heavy atom. The van der Waals surface area contributed by atoms with Crippen LogP contribution in [0, 0.1) is 13.8 Å². The molecule has 0 bridgehead atoms. The lowest BCUT2D eigenvalue weighted by molar-refractivity contribution is -0.115. The van der Waals surface area contributed by atoms with E-state index in [0.29, 0.717) is 5.13 Å². The molecule has 0 spiro atoms. The molecule has 2 aromatic heterocycles. The second kappa shape index (κ2) is 7.36. The summed E-state index contributed by atoms with van der Waals surface area (Å²) in [4.78, 5) is 12.3. The number of nitrogens with zero attached hydrogens (tertiary/aromatic N) is 2. The molecule has 0 aliphatic heterocycles. The molecule has 0 atom stereocenters. The molecule has 0 saturated heterocycles. The number of hydrogen-bond donors (Lipinski definition) is 1. The third-order valence-electron chi connectivity index (χ3n) is 3.78. The summed E-state index contributed by atoms with van der Waals surface area (Å²) < 4.78 is 6.53. The van der Waals surface area contributed by atoms with Gasteiger partial charge < -0.3 is 9.73 Å². The van der Waals surface area contributed by atoms with Crippen molar-refractivity contribution >= 4 is 45.1 Å². The summed E-state index contributed by atoms with van der Waals surface area (Å²) >= 11 is 3.06. The van der Waals surface area contributed by atoms with Crippen molar-refractivity contribution in [2.24, 2.45) is 0 Å². The second-order valence-electron chi connectivity index (χ2n) is 5.59. The molecule has 0 unspecified atom stereocenters. The Morgan fingerprint density at radius 3 is 2.96 bits per heavy atom. The summed E-state index contributed by atoms with van der Waals surface area (Å²) in [6.07, 6.45) is 3.00. The van der Waals surface area contributed by atoms with Crippen LogP contribution in [0.4, 0.5) is 5.13 Å². The Bertz CT molecular complexity index is 870. The van der Waals surface area contributed by atoms with Gasteiger partial charge in [-0.2, -0.15) is 0 Å². The van der Waals surface area contributed by atoms with Crippen LogP contribution in [-0.4, -0.2) is 21.9 Å². The number of aryl methyl sites for hydroxylation is 2. The first-order valence-corrected chi connectivity index (χ1v) is 9.61. The maximum atomic E-state index is 12.3. The Kier molecular flexibility index (Phi) is 5.20. The number of aromatic nitrogens is 2. The number of amides is 1. The number of anilines is 1. The highest BCUT2D eigenvalue weighted by Gasteiger charge is 2.14. The Morgan fingerprint density at radius 2 is 2.17 bits per heavy atom. The van der Waals surface area contributed by atoms with Gasteiger partial charge in [0.1, 0.15) is 5.58 Å². The molecule has 0 aliphatic carbocycles. The molecule has 0 aliphatic rings. The van der Waals surface area contributed by atoms with Crippen LogP contribution in [0.25, 0.3) is 11.0 Å². The van der Waals surface area contributed by atoms with E-state index in [-0.39, 0.29) is 12.3 Å². The minimum absolute atomic E-state index is 0.112. The molecule has 126 valence electrons. The van der Waals surface area contributed by atoms with Gasteiger partial charge in [0.2, 0.25) is 11.0 Å². The smallest absolute Gasteiger partial charge is 0.230 e. The molecular weight excluding hydrogens is 342 g/mol. The van der Waals surface area contributed by atoms with Gasteiger partial charge in [-0.25, -0.2) is 0 Å². The predicted octanol–water partition coefficient (Wildman–Crippen LogP) is 4.58. The number of fused-ring (bicyclic) bond motifs is 1. The number of rotatable bonds is 6. The van der Waals surface area contributed by atoms with E-state index in [1.807, 2.05) is 19.9 Å². The minimum Gasteiger partial charge on any atom is -0.464 e. The fourth-order valence-corrected chi connectivity index (χ4v) is 4.06. The van der Waals surface area contributed by atoms with Crippen LogP contribution in [-0.2, 0) is 11.2 Å². The predicted molar refractivity (Wildman–Crippen MR) is 98.9 cm³/mol. The zero-order chi connectivity index (χ0) is 17.1. The van der Waals surface area contributed by atoms with Crippen molar-refractivity contribution in [3.63, 3.8) is 0 Å². The lowest BCUT2D eigenvalue weighted by Gasteiger charge is -2.02. The molecule has 24 heavy (non-hydrogen) atoms. The summed E-state index contributed by atoms with van der Waals surface area (Å²) in [6.45, 7) is 6.20. The molecule has 1 N–H and O–H groups in total. The zero-order valence-electron chi connectivity index (χ0n) is 13.9. The van der Waals surface area contributed by atoms with Crippen LogP contribution >= 0.6 is 23.1 Å². The molecule has 5 nitrogen and oxygen atoms in total. The van der Waals surface area contributed by atoms with E-state index in [1.54, 1.807) is 18.0 Å². The van der Waals surface area contributed by atoms with Gasteiger partial charge >= 0.3 is 0 Å². The van der Waals surface area contributed by atoms with E-state index in [9.17, 15) is 4.79 Å². The highest BCUT2D eigenvalue weighted by Crippen LogP contribution is 2.28. The SMILES string of the molecule is CCCSc1nnc(NC(=O)Cc2coc3c(C)c(C)ccc23)s1. The van der Waals surface area contributed by atoms with Gasteiger partial charge in [0.15, 0.2) is 4.34 Å². The van der Waals surface area contributed by atoms with E-state index >= 15 is 0 Å². The van der Waals surface area contributed by atoms with Crippen molar-refractivity contribution in [3.05, 3.63) is 35.1 Å². The number of benzene rings is 1. The van der Waals surface area contributed by atoms with E-state index < -0.39 is 0 Å². The van der Waals surface area contributed by atoms with Crippen LogP contribution in [0.15, 0.2) is 27.2 Å². The highest BCUT2D eigenvalue weighted by atomic mass is 32.2. The van der Waals surface area contributed by atoms with Crippen molar-refractivity contribution < 1.29 is 9.21 Å². The first-order valence-electron chi connectivity index (χ1n) is 7.81. The summed E-state index contributed by atoms with van der Waals surface area (Å²) in [5.41, 5.74) is 4.03. The number of hydrogen-bond acceptors (Lipinski definition) is 6. The summed E-state index contributed by atoms with van der Waals surface area (Å²) in [5, 5.41) is 12.4. The van der Waals surface area contributed by atoms with Gasteiger partial charge in [-0.15, -0.1) is 10.2 Å². The normalized spacial score (nSPS) is 11.1. The van der Waals surface area contributed by atoms with Crippen molar-refractivity contribution in [2.75, 3.05) is 11.1 Å². The monoisotopic (exact) mass is 361 g/mol. The molecule has 0 saturated carbocycles. The number of carbonyl (C=O) groups excluding carboxylic acids is 1. The maximum absolute atomic E-state index is 12.3. The molecule has 2 heterocycles. The van der Waals surface area contributed by atoms with E-state index in [0.717, 1.165) is 38.6 Å². The number of nitrogens with one attached hydrogen (secondary N) is 1. The van der Waals surface area contributed by atoms with Crippen LogP contribution < -0.4 is 5.32 Å². The topological polar surface area (TPSA) is 68.0 Å². The van der Waals surface area contributed by atoms with Crippen LogP contribution in [0.2, 0.25) is 0 Å².